The lowest BCUT2D eigenvalue weighted by molar-refractivity contribution is -0.161. The Morgan fingerprint density at radius 2 is 2.16 bits per heavy atom. The molecule has 3 nitrogen and oxygen atoms in total. The Morgan fingerprint density at radius 3 is 2.92 bits per heavy atom. The number of halogens is 1. The van der Waals surface area contributed by atoms with Gasteiger partial charge in [-0.2, -0.15) is 11.3 Å². The maximum absolute atomic E-state index is 13.0. The van der Waals surface area contributed by atoms with Crippen LogP contribution in [-0.4, -0.2) is 26.2 Å². The van der Waals surface area contributed by atoms with Gasteiger partial charge in [0.2, 0.25) is 0 Å². The van der Waals surface area contributed by atoms with Gasteiger partial charge in [-0.25, -0.2) is 0 Å². The number of esters is 1. The normalized spacial score (nSPS) is 34.8. The van der Waals surface area contributed by atoms with Crippen LogP contribution >= 0.6 is 23.7 Å². The molecule has 132 valence electrons. The summed E-state index contributed by atoms with van der Waals surface area (Å²) < 4.78 is 5.35. The fraction of sp³-hybridized carbons (Fsp3) is 0.450. The van der Waals surface area contributed by atoms with E-state index in [4.69, 9.17) is 4.74 Å². The number of carbonyl (C=O) groups excluding carboxylic acids is 1. The molecule has 0 amide bonds. The summed E-state index contributed by atoms with van der Waals surface area (Å²) in [6.45, 7) is 1.62. The zero-order chi connectivity index (χ0) is 16.4. The van der Waals surface area contributed by atoms with Gasteiger partial charge in [0, 0.05) is 30.3 Å². The molecule has 2 fully saturated rings. The summed E-state index contributed by atoms with van der Waals surface area (Å²) in [6.07, 6.45) is 2.18. The van der Waals surface area contributed by atoms with Crippen LogP contribution in [0.5, 0.6) is 0 Å². The highest BCUT2D eigenvalue weighted by Crippen LogP contribution is 2.68. The van der Waals surface area contributed by atoms with Crippen LogP contribution < -0.4 is 5.32 Å². The van der Waals surface area contributed by atoms with Gasteiger partial charge in [0.05, 0.1) is 12.5 Å². The van der Waals surface area contributed by atoms with E-state index in [0.717, 1.165) is 25.9 Å². The SMILES string of the molecule is COC(=O)C12CNCC1C1(c3ccsc3)CCC2c2ccccc21.Cl. The molecule has 2 aromatic rings. The van der Waals surface area contributed by atoms with Gasteiger partial charge in [-0.15, -0.1) is 12.4 Å². The quantitative estimate of drug-likeness (QED) is 0.813. The monoisotopic (exact) mass is 375 g/mol. The third-order valence-corrected chi connectivity index (χ3v) is 7.53. The van der Waals surface area contributed by atoms with E-state index in [-0.39, 0.29) is 35.6 Å². The number of hydrogen-bond acceptors (Lipinski definition) is 4. The van der Waals surface area contributed by atoms with E-state index in [1.54, 1.807) is 11.3 Å². The lowest BCUT2D eigenvalue weighted by Crippen LogP contribution is -2.60. The van der Waals surface area contributed by atoms with E-state index in [0.29, 0.717) is 0 Å². The molecule has 4 aliphatic rings. The van der Waals surface area contributed by atoms with Crippen molar-refractivity contribution in [3.63, 3.8) is 0 Å². The minimum absolute atomic E-state index is 0. The number of hydrogen-bond donors (Lipinski definition) is 1. The molecule has 2 heterocycles. The van der Waals surface area contributed by atoms with Gasteiger partial charge in [-0.05, 0) is 46.4 Å². The van der Waals surface area contributed by atoms with Crippen LogP contribution in [0.2, 0.25) is 0 Å². The predicted molar refractivity (Wildman–Crippen MR) is 102 cm³/mol. The molecule has 5 heteroatoms. The number of nitrogens with one attached hydrogen (secondary N) is 1. The zero-order valence-corrected chi connectivity index (χ0v) is 15.8. The molecule has 1 aliphatic heterocycles. The van der Waals surface area contributed by atoms with Gasteiger partial charge >= 0.3 is 5.97 Å². The van der Waals surface area contributed by atoms with Crippen LogP contribution in [0.15, 0.2) is 41.1 Å². The van der Waals surface area contributed by atoms with Gasteiger partial charge in [-0.1, -0.05) is 24.3 Å². The first kappa shape index (κ1) is 17.1. The van der Waals surface area contributed by atoms with Crippen molar-refractivity contribution in [3.8, 4) is 0 Å². The van der Waals surface area contributed by atoms with E-state index < -0.39 is 5.41 Å². The Kier molecular flexibility index (Phi) is 3.98. The van der Waals surface area contributed by atoms with Gasteiger partial charge in [0.25, 0.3) is 0 Å². The van der Waals surface area contributed by atoms with Crippen LogP contribution in [0.3, 0.4) is 0 Å². The molecule has 1 aromatic carbocycles. The van der Waals surface area contributed by atoms with Gasteiger partial charge in [-0.3, -0.25) is 4.79 Å². The molecule has 6 rings (SSSR count). The highest BCUT2D eigenvalue weighted by molar-refractivity contribution is 7.08. The Bertz CT molecular complexity index is 808. The molecule has 25 heavy (non-hydrogen) atoms. The number of methoxy groups -OCH3 is 1. The lowest BCUT2D eigenvalue weighted by Gasteiger charge is -2.59. The van der Waals surface area contributed by atoms with Crippen molar-refractivity contribution in [1.82, 2.24) is 5.32 Å². The first-order valence-electron chi connectivity index (χ1n) is 8.66. The second kappa shape index (κ2) is 5.83. The second-order valence-corrected chi connectivity index (χ2v) is 8.16. The van der Waals surface area contributed by atoms with Crippen LogP contribution in [0.4, 0.5) is 0 Å². The average Bonchev–Trinajstić information content (AvgIpc) is 3.32. The minimum atomic E-state index is -0.427. The lowest BCUT2D eigenvalue weighted by atomic mass is 9.42. The maximum atomic E-state index is 13.0. The van der Waals surface area contributed by atoms with Crippen LogP contribution in [-0.2, 0) is 14.9 Å². The van der Waals surface area contributed by atoms with Crippen molar-refractivity contribution in [1.29, 1.82) is 0 Å². The van der Waals surface area contributed by atoms with Crippen molar-refractivity contribution < 1.29 is 9.53 Å². The molecule has 4 unspecified atom stereocenters. The average molecular weight is 376 g/mol. The Balaban J connectivity index is 0.00000157. The van der Waals surface area contributed by atoms with Crippen molar-refractivity contribution in [2.75, 3.05) is 20.2 Å². The predicted octanol–water partition coefficient (Wildman–Crippen LogP) is 3.73. The molecular weight excluding hydrogens is 354 g/mol. The number of carbonyl (C=O) groups is 1. The van der Waals surface area contributed by atoms with E-state index in [2.05, 4.69) is 46.4 Å². The first-order valence-corrected chi connectivity index (χ1v) is 9.60. The van der Waals surface area contributed by atoms with Crippen LogP contribution in [0, 0.1) is 11.3 Å². The first-order chi connectivity index (χ1) is 11.7. The summed E-state index contributed by atoms with van der Waals surface area (Å²) in [7, 11) is 1.54. The fourth-order valence-corrected chi connectivity index (χ4v) is 6.78. The van der Waals surface area contributed by atoms with Gasteiger partial charge in [0.1, 0.15) is 0 Å². The second-order valence-electron chi connectivity index (χ2n) is 7.38. The molecule has 3 aliphatic carbocycles. The largest absolute Gasteiger partial charge is 0.469 e. The summed E-state index contributed by atoms with van der Waals surface area (Å²) in [5, 5.41) is 7.99. The Morgan fingerprint density at radius 1 is 1.32 bits per heavy atom. The van der Waals surface area contributed by atoms with Gasteiger partial charge < -0.3 is 10.1 Å². The molecule has 1 aromatic heterocycles. The molecule has 1 N–H and O–H groups in total. The van der Waals surface area contributed by atoms with Gasteiger partial charge in [0.15, 0.2) is 0 Å². The summed E-state index contributed by atoms with van der Waals surface area (Å²) in [6, 6.07) is 11.0. The standard InChI is InChI=1S/C20H21NO2S.ClH/c1-23-18(22)20-12-21-10-17(20)19(13-7-9-24-11-13)8-6-16(20)14-4-2-3-5-15(14)19;/h2-5,7,9,11,16-17,21H,6,8,10,12H2,1H3;1H. The Labute approximate surface area is 158 Å². The molecule has 1 saturated carbocycles. The molecule has 0 spiro atoms. The van der Waals surface area contributed by atoms with Crippen molar-refractivity contribution in [3.05, 3.63) is 57.8 Å². The van der Waals surface area contributed by atoms with Crippen molar-refractivity contribution >= 4 is 29.7 Å². The fourth-order valence-electron chi connectivity index (χ4n) is 6.04. The van der Waals surface area contributed by atoms with Crippen LogP contribution in [0.1, 0.15) is 35.4 Å². The number of fused-ring (bicyclic) bond motifs is 1. The van der Waals surface area contributed by atoms with Crippen LogP contribution in [0.25, 0.3) is 0 Å². The minimum Gasteiger partial charge on any atom is -0.469 e. The summed E-state index contributed by atoms with van der Waals surface area (Å²) in [5.74, 6) is 0.499. The molecule has 1 saturated heterocycles. The summed E-state index contributed by atoms with van der Waals surface area (Å²) >= 11 is 1.75. The number of benzene rings is 1. The molecule has 4 atom stereocenters. The topological polar surface area (TPSA) is 38.3 Å². The number of rotatable bonds is 2. The third kappa shape index (κ3) is 1.88. The summed E-state index contributed by atoms with van der Waals surface area (Å²) in [4.78, 5) is 13.0. The molecule has 0 radical (unpaired) electrons. The zero-order valence-electron chi connectivity index (χ0n) is 14.2. The summed E-state index contributed by atoms with van der Waals surface area (Å²) in [5.41, 5.74) is 3.68. The maximum Gasteiger partial charge on any atom is 0.314 e. The molecule has 2 bridgehead atoms. The number of ether oxygens (including phenoxy) is 1. The van der Waals surface area contributed by atoms with E-state index >= 15 is 0 Å². The smallest absolute Gasteiger partial charge is 0.314 e. The van der Waals surface area contributed by atoms with Crippen molar-refractivity contribution in [2.45, 2.75) is 24.2 Å². The highest BCUT2D eigenvalue weighted by Gasteiger charge is 2.69. The van der Waals surface area contributed by atoms with Crippen molar-refractivity contribution in [2.24, 2.45) is 11.3 Å². The van der Waals surface area contributed by atoms with E-state index in [1.807, 2.05) is 0 Å². The number of thiophene rings is 1. The van der Waals surface area contributed by atoms with E-state index in [1.165, 1.54) is 23.8 Å². The third-order valence-electron chi connectivity index (χ3n) is 6.85. The molecular formula is C20H22ClNO2S. The highest BCUT2D eigenvalue weighted by atomic mass is 35.5. The van der Waals surface area contributed by atoms with E-state index in [9.17, 15) is 4.79 Å². The Hall–Kier alpha value is -1.36.